The highest BCUT2D eigenvalue weighted by Crippen LogP contribution is 2.29. The average Bonchev–Trinajstić information content (AvgIpc) is 2.53. The molecule has 1 saturated heterocycles. The highest BCUT2D eigenvalue weighted by molar-refractivity contribution is 5.67. The predicted octanol–water partition coefficient (Wildman–Crippen LogP) is 3.57. The summed E-state index contributed by atoms with van der Waals surface area (Å²) in [6.45, 7) is 5.79. The zero-order valence-corrected chi connectivity index (χ0v) is 13.0. The number of nitro benzene ring substituents is 1. The summed E-state index contributed by atoms with van der Waals surface area (Å²) in [4.78, 5) is 23.9. The van der Waals surface area contributed by atoms with Gasteiger partial charge in [-0.2, -0.15) is 0 Å². The Hall–Kier alpha value is -2.11. The van der Waals surface area contributed by atoms with Crippen molar-refractivity contribution < 1.29 is 14.5 Å². The first kappa shape index (κ1) is 16.3. The van der Waals surface area contributed by atoms with Crippen LogP contribution in [0.5, 0.6) is 0 Å². The number of benzene rings is 1. The summed E-state index contributed by atoms with van der Waals surface area (Å²) in [6, 6.07) is 6.71. The van der Waals surface area contributed by atoms with Crippen LogP contribution in [0.1, 0.15) is 38.2 Å². The zero-order chi connectivity index (χ0) is 16.1. The van der Waals surface area contributed by atoms with Gasteiger partial charge in [0.1, 0.15) is 0 Å². The molecule has 1 aliphatic rings. The van der Waals surface area contributed by atoms with Crippen LogP contribution >= 0.6 is 0 Å². The molecule has 0 spiro atoms. The predicted molar refractivity (Wildman–Crippen MR) is 82.8 cm³/mol. The van der Waals surface area contributed by atoms with Crippen LogP contribution in [0.2, 0.25) is 0 Å². The molecule has 1 amide bonds. The lowest BCUT2D eigenvalue weighted by Gasteiger charge is -2.31. The monoisotopic (exact) mass is 306 g/mol. The van der Waals surface area contributed by atoms with Crippen molar-refractivity contribution in [3.05, 3.63) is 39.9 Å². The number of nitrogens with zero attached hydrogens (tertiary/aromatic N) is 2. The molecular weight excluding hydrogens is 284 g/mol. The number of hydrogen-bond acceptors (Lipinski definition) is 4. The molecule has 0 N–H and O–H groups in total. The van der Waals surface area contributed by atoms with Crippen molar-refractivity contribution >= 4 is 11.8 Å². The fourth-order valence-electron chi connectivity index (χ4n) is 2.59. The Morgan fingerprint density at radius 2 is 1.91 bits per heavy atom. The van der Waals surface area contributed by atoms with E-state index < -0.39 is 4.92 Å². The van der Waals surface area contributed by atoms with Crippen molar-refractivity contribution in [3.8, 4) is 0 Å². The van der Waals surface area contributed by atoms with E-state index >= 15 is 0 Å². The Balaban J connectivity index is 1.86. The molecule has 1 heterocycles. The minimum atomic E-state index is -0.392. The number of amides is 1. The molecule has 1 aromatic carbocycles. The fraction of sp³-hybridized carbons (Fsp3) is 0.562. The summed E-state index contributed by atoms with van der Waals surface area (Å²) < 4.78 is 5.24. The quantitative estimate of drug-likeness (QED) is 0.629. The molecule has 1 fully saturated rings. The number of carbonyl (C=O) groups excluding carboxylic acids is 1. The lowest BCUT2D eigenvalue weighted by Crippen LogP contribution is -2.38. The molecule has 0 saturated carbocycles. The fourth-order valence-corrected chi connectivity index (χ4v) is 2.59. The standard InChI is InChI=1S/C16H22N2O4/c1-12(2)11-22-16(19)17-9-7-14(8-10-17)13-3-5-15(6-4-13)18(20)21/h3-6,12,14H,7-11H2,1-2H3. The van der Waals surface area contributed by atoms with Crippen LogP contribution in [0.4, 0.5) is 10.5 Å². The molecule has 0 aromatic heterocycles. The summed E-state index contributed by atoms with van der Waals surface area (Å²) in [5, 5.41) is 10.7. The third-order valence-electron chi connectivity index (χ3n) is 3.87. The lowest BCUT2D eigenvalue weighted by atomic mass is 9.89. The molecule has 0 aliphatic carbocycles. The summed E-state index contributed by atoms with van der Waals surface area (Å²) in [5.74, 6) is 0.677. The second-order valence-corrected chi connectivity index (χ2v) is 6.08. The van der Waals surface area contributed by atoms with E-state index in [1.54, 1.807) is 17.0 Å². The molecule has 1 aromatic rings. The van der Waals surface area contributed by atoms with Crippen molar-refractivity contribution in [2.45, 2.75) is 32.6 Å². The number of likely N-dealkylation sites (tertiary alicyclic amines) is 1. The number of ether oxygens (including phenoxy) is 1. The van der Waals surface area contributed by atoms with E-state index in [9.17, 15) is 14.9 Å². The van der Waals surface area contributed by atoms with Crippen molar-refractivity contribution in [1.29, 1.82) is 0 Å². The first-order valence-corrected chi connectivity index (χ1v) is 7.63. The maximum Gasteiger partial charge on any atom is 0.409 e. The molecule has 1 aliphatic heterocycles. The Morgan fingerprint density at radius 1 is 1.32 bits per heavy atom. The van der Waals surface area contributed by atoms with Crippen LogP contribution in [0.15, 0.2) is 24.3 Å². The molecule has 120 valence electrons. The molecule has 2 rings (SSSR count). The summed E-state index contributed by atoms with van der Waals surface area (Å²) >= 11 is 0. The Labute approximate surface area is 130 Å². The minimum Gasteiger partial charge on any atom is -0.449 e. The van der Waals surface area contributed by atoms with Gasteiger partial charge in [0.25, 0.3) is 5.69 Å². The SMILES string of the molecule is CC(C)COC(=O)N1CCC(c2ccc([N+](=O)[O-])cc2)CC1. The molecule has 0 atom stereocenters. The zero-order valence-electron chi connectivity index (χ0n) is 13.0. The van der Waals surface area contributed by atoms with Gasteiger partial charge in [-0.05, 0) is 30.2 Å². The van der Waals surface area contributed by atoms with Crippen LogP contribution in [0.3, 0.4) is 0 Å². The van der Waals surface area contributed by atoms with Crippen molar-refractivity contribution in [2.24, 2.45) is 5.92 Å². The van der Waals surface area contributed by atoms with Gasteiger partial charge < -0.3 is 9.64 Å². The maximum atomic E-state index is 11.9. The molecule has 6 heteroatoms. The first-order valence-electron chi connectivity index (χ1n) is 7.63. The van der Waals surface area contributed by atoms with Gasteiger partial charge in [0.15, 0.2) is 0 Å². The van der Waals surface area contributed by atoms with Crippen molar-refractivity contribution in [3.63, 3.8) is 0 Å². The summed E-state index contributed by atoms with van der Waals surface area (Å²) in [5.41, 5.74) is 1.21. The Morgan fingerprint density at radius 3 is 2.41 bits per heavy atom. The van der Waals surface area contributed by atoms with Gasteiger partial charge in [0.05, 0.1) is 11.5 Å². The Kier molecular flexibility index (Phi) is 5.35. The number of nitro groups is 1. The van der Waals surface area contributed by atoms with E-state index in [2.05, 4.69) is 0 Å². The van der Waals surface area contributed by atoms with Crippen molar-refractivity contribution in [1.82, 2.24) is 4.90 Å². The molecule has 0 bridgehead atoms. The maximum absolute atomic E-state index is 11.9. The molecule has 22 heavy (non-hydrogen) atoms. The van der Waals surface area contributed by atoms with E-state index in [4.69, 9.17) is 4.74 Å². The van der Waals surface area contributed by atoms with Gasteiger partial charge in [0.2, 0.25) is 0 Å². The summed E-state index contributed by atoms with van der Waals surface area (Å²) in [7, 11) is 0. The van der Waals surface area contributed by atoms with Gasteiger partial charge in [-0.3, -0.25) is 10.1 Å². The molecule has 0 radical (unpaired) electrons. The number of carbonyl (C=O) groups is 1. The smallest absolute Gasteiger partial charge is 0.409 e. The second-order valence-electron chi connectivity index (χ2n) is 6.08. The molecular formula is C16H22N2O4. The third kappa shape index (κ3) is 4.19. The third-order valence-corrected chi connectivity index (χ3v) is 3.87. The van der Waals surface area contributed by atoms with Gasteiger partial charge in [-0.15, -0.1) is 0 Å². The molecule has 0 unspecified atom stereocenters. The Bertz CT molecular complexity index is 519. The average molecular weight is 306 g/mol. The van der Waals surface area contributed by atoms with E-state index in [0.29, 0.717) is 31.5 Å². The van der Waals surface area contributed by atoms with E-state index in [-0.39, 0.29) is 11.8 Å². The number of hydrogen-bond donors (Lipinski definition) is 0. The van der Waals surface area contributed by atoms with Crippen LogP contribution in [-0.2, 0) is 4.74 Å². The van der Waals surface area contributed by atoms with Crippen molar-refractivity contribution in [2.75, 3.05) is 19.7 Å². The topological polar surface area (TPSA) is 72.7 Å². The highest BCUT2D eigenvalue weighted by atomic mass is 16.6. The van der Waals surface area contributed by atoms with Crippen LogP contribution < -0.4 is 0 Å². The first-order chi connectivity index (χ1) is 10.5. The second kappa shape index (κ2) is 7.24. The van der Waals surface area contributed by atoms with Gasteiger partial charge >= 0.3 is 6.09 Å². The number of non-ortho nitro benzene ring substituents is 1. The normalized spacial score (nSPS) is 15.9. The van der Waals surface area contributed by atoms with Gasteiger partial charge in [-0.1, -0.05) is 26.0 Å². The van der Waals surface area contributed by atoms with Crippen LogP contribution in [-0.4, -0.2) is 35.6 Å². The highest BCUT2D eigenvalue weighted by Gasteiger charge is 2.25. The van der Waals surface area contributed by atoms with E-state index in [1.807, 2.05) is 26.0 Å². The minimum absolute atomic E-state index is 0.110. The lowest BCUT2D eigenvalue weighted by molar-refractivity contribution is -0.384. The van der Waals surface area contributed by atoms with Gasteiger partial charge in [0, 0.05) is 25.2 Å². The number of rotatable bonds is 4. The van der Waals surface area contributed by atoms with Crippen LogP contribution in [0.25, 0.3) is 0 Å². The van der Waals surface area contributed by atoms with Gasteiger partial charge in [-0.25, -0.2) is 4.79 Å². The van der Waals surface area contributed by atoms with Crippen LogP contribution in [0, 0.1) is 16.0 Å². The largest absolute Gasteiger partial charge is 0.449 e. The van der Waals surface area contributed by atoms with E-state index in [1.165, 1.54) is 0 Å². The number of piperidine rings is 1. The summed E-state index contributed by atoms with van der Waals surface area (Å²) in [6.07, 6.45) is 1.47. The van der Waals surface area contributed by atoms with E-state index in [0.717, 1.165) is 18.4 Å². The molecule has 6 nitrogen and oxygen atoms in total.